The fourth-order valence-corrected chi connectivity index (χ4v) is 4.06. The number of carbonyl (C=O) groups excluding carboxylic acids is 2. The smallest absolute Gasteiger partial charge is 0.294 e. The lowest BCUT2D eigenvalue weighted by molar-refractivity contribution is -0.384. The molecule has 3 rings (SSSR count). The molecule has 27 heavy (non-hydrogen) atoms. The number of fused-ring (bicyclic) bond motifs is 1. The Morgan fingerprint density at radius 1 is 1.11 bits per heavy atom. The van der Waals surface area contributed by atoms with Gasteiger partial charge in [-0.2, -0.15) is 0 Å². The van der Waals surface area contributed by atoms with E-state index in [0.29, 0.717) is 31.6 Å². The Balaban J connectivity index is 2.00. The van der Waals surface area contributed by atoms with Gasteiger partial charge in [-0.15, -0.1) is 13.2 Å². The molecule has 0 aromatic heterocycles. The highest BCUT2D eigenvalue weighted by atomic mass is 16.6. The van der Waals surface area contributed by atoms with Crippen LogP contribution in [0, 0.1) is 22.0 Å². The van der Waals surface area contributed by atoms with Crippen LogP contribution < -0.4 is 9.80 Å². The standard InChI is InChI=1S/C20H23N3O4/c1-3-11-21(12-4-2)17-10-9-14(13-18(17)23(26)27)22-19(24)15-7-5-6-8-16(15)20(22)25/h3-4,9-10,13,15-16H,1-2,5-8,11-12H2/t15-,16-/m1/s1. The molecule has 0 N–H and O–H groups in total. The lowest BCUT2D eigenvalue weighted by Crippen LogP contribution is -2.31. The van der Waals surface area contributed by atoms with Crippen molar-refractivity contribution >= 4 is 28.9 Å². The monoisotopic (exact) mass is 369 g/mol. The highest BCUT2D eigenvalue weighted by Gasteiger charge is 2.49. The number of nitrogens with zero attached hydrogens (tertiary/aromatic N) is 3. The molecule has 7 nitrogen and oxygen atoms in total. The highest BCUT2D eigenvalue weighted by molar-refractivity contribution is 6.22. The lowest BCUT2D eigenvalue weighted by Gasteiger charge is -2.22. The van der Waals surface area contributed by atoms with Gasteiger partial charge in [-0.3, -0.25) is 19.7 Å². The summed E-state index contributed by atoms with van der Waals surface area (Å²) in [7, 11) is 0. The summed E-state index contributed by atoms with van der Waals surface area (Å²) in [6.07, 6.45) is 6.59. The molecule has 1 aromatic carbocycles. The van der Waals surface area contributed by atoms with E-state index in [1.54, 1.807) is 29.2 Å². The van der Waals surface area contributed by atoms with Gasteiger partial charge in [0.2, 0.25) is 11.8 Å². The van der Waals surface area contributed by atoms with Crippen molar-refractivity contribution in [3.63, 3.8) is 0 Å². The first-order valence-electron chi connectivity index (χ1n) is 9.12. The maximum absolute atomic E-state index is 12.8. The zero-order valence-electron chi connectivity index (χ0n) is 15.2. The Hall–Kier alpha value is -2.96. The molecule has 0 spiro atoms. The van der Waals surface area contributed by atoms with Crippen LogP contribution in [-0.4, -0.2) is 29.8 Å². The first-order valence-corrected chi connectivity index (χ1v) is 9.12. The van der Waals surface area contributed by atoms with Crippen LogP contribution in [0.25, 0.3) is 0 Å². The number of hydrogen-bond acceptors (Lipinski definition) is 5. The number of nitro groups is 1. The molecule has 2 fully saturated rings. The Labute approximate surface area is 158 Å². The van der Waals surface area contributed by atoms with Crippen LogP contribution in [0.15, 0.2) is 43.5 Å². The largest absolute Gasteiger partial charge is 0.359 e. The molecular weight excluding hydrogens is 346 g/mol. The molecule has 2 aliphatic rings. The van der Waals surface area contributed by atoms with Gasteiger partial charge in [0.05, 0.1) is 22.4 Å². The normalized spacial score (nSPS) is 21.7. The van der Waals surface area contributed by atoms with Crippen molar-refractivity contribution in [1.29, 1.82) is 0 Å². The number of rotatable bonds is 7. The van der Waals surface area contributed by atoms with E-state index in [1.165, 1.54) is 6.07 Å². The van der Waals surface area contributed by atoms with E-state index in [0.717, 1.165) is 17.7 Å². The Bertz CT molecular complexity index is 770. The van der Waals surface area contributed by atoms with E-state index in [4.69, 9.17) is 0 Å². The van der Waals surface area contributed by atoms with Crippen molar-refractivity contribution in [2.75, 3.05) is 22.9 Å². The molecule has 0 bridgehead atoms. The Kier molecular flexibility index (Phi) is 5.39. The fourth-order valence-electron chi connectivity index (χ4n) is 4.06. The summed E-state index contributed by atoms with van der Waals surface area (Å²) in [4.78, 5) is 39.6. The SMILES string of the molecule is C=CCN(CC=C)c1ccc(N2C(=O)[C@@H]3CCCC[C@H]3C2=O)cc1[N+](=O)[O-]. The van der Waals surface area contributed by atoms with Crippen LogP contribution in [0.4, 0.5) is 17.1 Å². The van der Waals surface area contributed by atoms with Crippen molar-refractivity contribution in [3.05, 3.63) is 53.6 Å². The molecule has 1 heterocycles. The van der Waals surface area contributed by atoms with E-state index in [-0.39, 0.29) is 35.0 Å². The van der Waals surface area contributed by atoms with Crippen molar-refractivity contribution in [3.8, 4) is 0 Å². The quantitative estimate of drug-likeness (QED) is 0.318. The predicted octanol–water partition coefficient (Wildman–Crippen LogP) is 3.45. The van der Waals surface area contributed by atoms with Gasteiger partial charge >= 0.3 is 0 Å². The van der Waals surface area contributed by atoms with Crippen molar-refractivity contribution in [2.24, 2.45) is 11.8 Å². The summed E-state index contributed by atoms with van der Waals surface area (Å²) < 4.78 is 0. The highest BCUT2D eigenvalue weighted by Crippen LogP contribution is 2.41. The van der Waals surface area contributed by atoms with E-state index < -0.39 is 4.92 Å². The topological polar surface area (TPSA) is 83.8 Å². The minimum Gasteiger partial charge on any atom is -0.359 e. The number of hydrogen-bond donors (Lipinski definition) is 0. The van der Waals surface area contributed by atoms with E-state index in [9.17, 15) is 19.7 Å². The zero-order valence-corrected chi connectivity index (χ0v) is 15.2. The Morgan fingerprint density at radius 3 is 2.15 bits per heavy atom. The fraction of sp³-hybridized carbons (Fsp3) is 0.400. The van der Waals surface area contributed by atoms with Crippen molar-refractivity contribution < 1.29 is 14.5 Å². The summed E-state index contributed by atoms with van der Waals surface area (Å²) in [5.41, 5.74) is 0.527. The second-order valence-electron chi connectivity index (χ2n) is 6.92. The van der Waals surface area contributed by atoms with E-state index in [1.807, 2.05) is 0 Å². The Morgan fingerprint density at radius 2 is 1.67 bits per heavy atom. The number of amides is 2. The number of benzene rings is 1. The van der Waals surface area contributed by atoms with Crippen molar-refractivity contribution in [2.45, 2.75) is 25.7 Å². The van der Waals surface area contributed by atoms with Crippen LogP contribution in [0.3, 0.4) is 0 Å². The van der Waals surface area contributed by atoms with Gasteiger partial charge in [0.15, 0.2) is 0 Å². The second-order valence-corrected chi connectivity index (χ2v) is 6.92. The minimum atomic E-state index is -0.490. The van der Waals surface area contributed by atoms with Gasteiger partial charge in [0.1, 0.15) is 5.69 Å². The zero-order chi connectivity index (χ0) is 19.6. The van der Waals surface area contributed by atoms with Gasteiger partial charge < -0.3 is 4.90 Å². The van der Waals surface area contributed by atoms with Gasteiger partial charge in [-0.05, 0) is 25.0 Å². The molecule has 1 saturated carbocycles. The lowest BCUT2D eigenvalue weighted by atomic mass is 9.81. The summed E-state index contributed by atoms with van der Waals surface area (Å²) in [6.45, 7) is 8.19. The van der Waals surface area contributed by atoms with Crippen LogP contribution in [0.5, 0.6) is 0 Å². The third-order valence-corrected chi connectivity index (χ3v) is 5.29. The number of carbonyl (C=O) groups is 2. The third kappa shape index (κ3) is 3.37. The molecule has 1 aliphatic carbocycles. The number of anilines is 2. The summed E-state index contributed by atoms with van der Waals surface area (Å²) in [6, 6.07) is 4.51. The number of nitro benzene ring substituents is 1. The van der Waals surface area contributed by atoms with Crippen LogP contribution in [0.1, 0.15) is 25.7 Å². The van der Waals surface area contributed by atoms with E-state index in [2.05, 4.69) is 13.2 Å². The van der Waals surface area contributed by atoms with E-state index >= 15 is 0 Å². The maximum atomic E-state index is 12.8. The first kappa shape index (κ1) is 18.8. The summed E-state index contributed by atoms with van der Waals surface area (Å²) in [5.74, 6) is -1.05. The van der Waals surface area contributed by atoms with Gasteiger partial charge in [-0.1, -0.05) is 25.0 Å². The molecule has 0 unspecified atom stereocenters. The van der Waals surface area contributed by atoms with Crippen molar-refractivity contribution in [1.82, 2.24) is 0 Å². The molecular formula is C20H23N3O4. The average molecular weight is 369 g/mol. The molecule has 142 valence electrons. The summed E-state index contributed by atoms with van der Waals surface area (Å²) in [5, 5.41) is 11.7. The molecule has 7 heteroatoms. The first-order chi connectivity index (χ1) is 13.0. The van der Waals surface area contributed by atoms with Gasteiger partial charge in [0, 0.05) is 19.2 Å². The summed E-state index contributed by atoms with van der Waals surface area (Å²) >= 11 is 0. The van der Waals surface area contributed by atoms with Gasteiger partial charge in [0.25, 0.3) is 5.69 Å². The minimum absolute atomic E-state index is 0.147. The molecule has 0 radical (unpaired) electrons. The third-order valence-electron chi connectivity index (χ3n) is 5.29. The maximum Gasteiger partial charge on any atom is 0.294 e. The van der Waals surface area contributed by atoms with Crippen LogP contribution in [0.2, 0.25) is 0 Å². The average Bonchev–Trinajstić information content (AvgIpc) is 2.92. The molecule has 1 aromatic rings. The molecule has 2 atom stereocenters. The molecule has 1 aliphatic heterocycles. The van der Waals surface area contributed by atoms with Crippen LogP contribution in [-0.2, 0) is 9.59 Å². The van der Waals surface area contributed by atoms with Crippen LogP contribution >= 0.6 is 0 Å². The molecule has 2 amide bonds. The second kappa shape index (κ2) is 7.73. The predicted molar refractivity (Wildman–Crippen MR) is 104 cm³/mol. The van der Waals surface area contributed by atoms with Gasteiger partial charge in [-0.25, -0.2) is 4.90 Å². The molecule has 1 saturated heterocycles. The number of imide groups is 1.